The van der Waals surface area contributed by atoms with Crippen LogP contribution in [0.3, 0.4) is 0 Å². The second-order valence-electron chi connectivity index (χ2n) is 2.19. The number of carbonyl (C=O) groups is 1. The zero-order chi connectivity index (χ0) is 11.4. The molecule has 1 N–H and O–H groups in total. The van der Waals surface area contributed by atoms with E-state index in [2.05, 4.69) is 4.74 Å². The molecule has 0 rings (SSSR count). The van der Waals surface area contributed by atoms with Gasteiger partial charge in [-0.25, -0.2) is 9.52 Å². The van der Waals surface area contributed by atoms with Crippen molar-refractivity contribution in [3.63, 3.8) is 0 Å². The average molecular weight is 243 g/mol. The van der Waals surface area contributed by atoms with Gasteiger partial charge in [0.15, 0.2) is 0 Å². The molecule has 0 spiro atoms. The SMILES string of the molecule is CCCOC(=O)NS(=O)(=O)C(F)(F)F.[LiH]. The van der Waals surface area contributed by atoms with Crippen LogP contribution >= 0.6 is 0 Å². The summed E-state index contributed by atoms with van der Waals surface area (Å²) >= 11 is 0. The summed E-state index contributed by atoms with van der Waals surface area (Å²) in [4.78, 5) is 10.5. The molecule has 0 aromatic carbocycles. The molecule has 0 aromatic heterocycles. The van der Waals surface area contributed by atoms with Crippen molar-refractivity contribution in [2.24, 2.45) is 0 Å². The Morgan fingerprint density at radius 1 is 1.40 bits per heavy atom. The summed E-state index contributed by atoms with van der Waals surface area (Å²) < 4.78 is 60.4. The fourth-order valence-corrected chi connectivity index (χ4v) is 0.786. The summed E-state index contributed by atoms with van der Waals surface area (Å²) in [6, 6.07) is 0. The van der Waals surface area contributed by atoms with Gasteiger partial charge in [-0.1, -0.05) is 6.92 Å². The Labute approximate surface area is 96.6 Å². The van der Waals surface area contributed by atoms with Crippen LogP contribution in [0.2, 0.25) is 0 Å². The maximum atomic E-state index is 11.7. The molecule has 0 heterocycles. The van der Waals surface area contributed by atoms with Gasteiger partial charge in [-0.05, 0) is 6.42 Å². The first-order valence-corrected chi connectivity index (χ1v) is 4.95. The Hall–Kier alpha value is -0.393. The van der Waals surface area contributed by atoms with Gasteiger partial charge in [-0.2, -0.15) is 21.6 Å². The monoisotopic (exact) mass is 243 g/mol. The number of ether oxygens (including phenoxy) is 1. The first kappa shape index (κ1) is 17.0. The number of carbonyl (C=O) groups excluding carboxylic acids is 1. The van der Waals surface area contributed by atoms with Crippen LogP contribution in [0.4, 0.5) is 18.0 Å². The van der Waals surface area contributed by atoms with E-state index in [9.17, 15) is 26.4 Å². The van der Waals surface area contributed by atoms with Crippen molar-refractivity contribution in [1.29, 1.82) is 0 Å². The second-order valence-corrected chi connectivity index (χ2v) is 3.86. The van der Waals surface area contributed by atoms with E-state index in [1.54, 1.807) is 6.92 Å². The third-order valence-corrected chi connectivity index (χ3v) is 2.00. The number of nitrogens with one attached hydrogen (secondary N) is 1. The van der Waals surface area contributed by atoms with E-state index in [0.717, 1.165) is 4.72 Å². The van der Waals surface area contributed by atoms with E-state index in [1.165, 1.54) is 0 Å². The molecule has 15 heavy (non-hydrogen) atoms. The molecule has 1 amide bonds. The molecule has 0 saturated carbocycles. The first-order valence-electron chi connectivity index (χ1n) is 3.46. The summed E-state index contributed by atoms with van der Waals surface area (Å²) in [6.07, 6.45) is -1.26. The van der Waals surface area contributed by atoms with Gasteiger partial charge >= 0.3 is 40.5 Å². The fraction of sp³-hybridized carbons (Fsp3) is 0.800. The van der Waals surface area contributed by atoms with Gasteiger partial charge in [0.25, 0.3) is 0 Å². The van der Waals surface area contributed by atoms with Crippen molar-refractivity contribution in [1.82, 2.24) is 4.72 Å². The molecule has 5 nitrogen and oxygen atoms in total. The molecule has 0 aliphatic rings. The summed E-state index contributed by atoms with van der Waals surface area (Å²) in [5.74, 6) is 0. The predicted octanol–water partition coefficient (Wildman–Crippen LogP) is 0.324. The van der Waals surface area contributed by atoms with Crippen molar-refractivity contribution in [3.8, 4) is 0 Å². The molecular formula is C5H9F3LiNO4S. The van der Waals surface area contributed by atoms with Gasteiger partial charge in [0.1, 0.15) is 0 Å². The number of halogens is 3. The Bertz CT molecular complexity index is 302. The maximum absolute atomic E-state index is 11.7. The van der Waals surface area contributed by atoms with E-state index in [0.29, 0.717) is 6.42 Å². The van der Waals surface area contributed by atoms with Gasteiger partial charge < -0.3 is 4.74 Å². The van der Waals surface area contributed by atoms with Crippen molar-refractivity contribution in [3.05, 3.63) is 0 Å². The van der Waals surface area contributed by atoms with Gasteiger partial charge in [-0.3, -0.25) is 0 Å². The van der Waals surface area contributed by atoms with E-state index < -0.39 is 21.6 Å². The van der Waals surface area contributed by atoms with E-state index in [-0.39, 0.29) is 25.5 Å². The molecule has 0 bridgehead atoms. The molecule has 0 aromatic rings. The van der Waals surface area contributed by atoms with Gasteiger partial charge in [0.2, 0.25) is 0 Å². The topological polar surface area (TPSA) is 72.5 Å². The molecular weight excluding hydrogens is 234 g/mol. The standard InChI is InChI=1S/C5H8F3NO4S.Li.H/c1-2-3-13-4(10)9-14(11,12)5(6,7)8;;/h2-3H2,1H3,(H,9,10);;. The molecule has 0 fully saturated rings. The van der Waals surface area contributed by atoms with Crippen molar-refractivity contribution in [2.75, 3.05) is 6.61 Å². The molecule has 0 saturated heterocycles. The number of alkyl halides is 3. The van der Waals surface area contributed by atoms with Crippen LogP contribution in [0.25, 0.3) is 0 Å². The number of sulfonamides is 1. The Morgan fingerprint density at radius 2 is 1.87 bits per heavy atom. The van der Waals surface area contributed by atoms with Crippen LogP contribution in [-0.2, 0) is 14.8 Å². The Kier molecular flexibility index (Phi) is 7.09. The molecule has 0 unspecified atom stereocenters. The van der Waals surface area contributed by atoms with Crippen LogP contribution in [-0.4, -0.2) is 45.5 Å². The summed E-state index contributed by atoms with van der Waals surface area (Å²) in [6.45, 7) is 1.45. The van der Waals surface area contributed by atoms with Crippen molar-refractivity contribution >= 4 is 35.0 Å². The molecule has 10 heteroatoms. The fourth-order valence-electron chi connectivity index (χ4n) is 0.392. The number of hydrogen-bond donors (Lipinski definition) is 1. The average Bonchev–Trinajstić information content (AvgIpc) is 1.97. The molecule has 0 aliphatic carbocycles. The second kappa shape index (κ2) is 6.25. The van der Waals surface area contributed by atoms with Crippen LogP contribution in [0.15, 0.2) is 0 Å². The minimum atomic E-state index is -5.65. The van der Waals surface area contributed by atoms with E-state index >= 15 is 0 Å². The van der Waals surface area contributed by atoms with E-state index in [4.69, 9.17) is 0 Å². The number of hydrogen-bond acceptors (Lipinski definition) is 4. The third-order valence-electron chi connectivity index (χ3n) is 0.960. The summed E-state index contributed by atoms with van der Waals surface area (Å²) in [7, 11) is -5.65. The van der Waals surface area contributed by atoms with E-state index in [1.807, 2.05) is 0 Å². The predicted molar refractivity (Wildman–Crippen MR) is 46.9 cm³/mol. The molecule has 86 valence electrons. The van der Waals surface area contributed by atoms with Gasteiger partial charge in [0.05, 0.1) is 6.61 Å². The quantitative estimate of drug-likeness (QED) is 0.724. The molecule has 0 atom stereocenters. The Morgan fingerprint density at radius 3 is 2.20 bits per heavy atom. The summed E-state index contributed by atoms with van der Waals surface area (Å²) in [5.41, 5.74) is -5.52. The Balaban J connectivity index is 0. The van der Waals surface area contributed by atoms with Crippen LogP contribution in [0.5, 0.6) is 0 Å². The van der Waals surface area contributed by atoms with Crippen LogP contribution < -0.4 is 4.72 Å². The molecule has 0 aliphatic heterocycles. The van der Waals surface area contributed by atoms with Crippen LogP contribution in [0, 0.1) is 0 Å². The molecule has 0 radical (unpaired) electrons. The normalized spacial score (nSPS) is 11.5. The van der Waals surface area contributed by atoms with Crippen molar-refractivity contribution in [2.45, 2.75) is 18.9 Å². The zero-order valence-electron chi connectivity index (χ0n) is 7.09. The third kappa shape index (κ3) is 5.91. The zero-order valence-corrected chi connectivity index (χ0v) is 7.91. The van der Waals surface area contributed by atoms with Gasteiger partial charge in [-0.15, -0.1) is 0 Å². The first-order chi connectivity index (χ1) is 6.20. The number of rotatable bonds is 3. The van der Waals surface area contributed by atoms with Crippen LogP contribution in [0.1, 0.15) is 13.3 Å². The van der Waals surface area contributed by atoms with Crippen molar-refractivity contribution < 1.29 is 31.1 Å². The number of amides is 1. The van der Waals surface area contributed by atoms with Gasteiger partial charge in [0, 0.05) is 0 Å². The minimum absolute atomic E-state index is 0. The summed E-state index contributed by atoms with van der Waals surface area (Å²) in [5, 5.41) is 0.